The zero-order valence-corrected chi connectivity index (χ0v) is 11.3. The fraction of sp³-hybridized carbons (Fsp3) is 0.273. The van der Waals surface area contributed by atoms with E-state index in [-0.39, 0.29) is 28.6 Å². The molecule has 0 bridgehead atoms. The van der Waals surface area contributed by atoms with Gasteiger partial charge in [-0.2, -0.15) is 8.78 Å². The molecule has 0 aliphatic carbocycles. The maximum atomic E-state index is 12.1. The van der Waals surface area contributed by atoms with Crippen molar-refractivity contribution < 1.29 is 28.2 Å². The lowest BCUT2D eigenvalue weighted by atomic mass is 10.2. The molecule has 0 aromatic heterocycles. The van der Waals surface area contributed by atoms with E-state index in [2.05, 4.69) is 10.1 Å². The number of amides is 1. The van der Waals surface area contributed by atoms with Crippen molar-refractivity contribution in [3.63, 3.8) is 0 Å². The summed E-state index contributed by atoms with van der Waals surface area (Å²) < 4.78 is 28.3. The van der Waals surface area contributed by atoms with Crippen LogP contribution in [0.15, 0.2) is 12.1 Å². The van der Waals surface area contributed by atoms with Crippen molar-refractivity contribution in [1.82, 2.24) is 0 Å². The first-order chi connectivity index (χ1) is 9.29. The first kappa shape index (κ1) is 16.5. The van der Waals surface area contributed by atoms with Crippen molar-refractivity contribution in [2.75, 3.05) is 5.32 Å². The number of rotatable bonds is 6. The Labute approximate surface area is 122 Å². The molecule has 20 heavy (non-hydrogen) atoms. The highest BCUT2D eigenvalue weighted by atomic mass is 35.5. The van der Waals surface area contributed by atoms with E-state index in [1.807, 2.05) is 0 Å². The Morgan fingerprint density at radius 3 is 2.25 bits per heavy atom. The number of benzene rings is 1. The van der Waals surface area contributed by atoms with E-state index >= 15 is 0 Å². The maximum Gasteiger partial charge on any atom is 0.387 e. The number of carboxylic acids is 1. The fourth-order valence-electron chi connectivity index (χ4n) is 1.28. The van der Waals surface area contributed by atoms with Crippen LogP contribution in [0.3, 0.4) is 0 Å². The van der Waals surface area contributed by atoms with Gasteiger partial charge in [-0.25, -0.2) is 0 Å². The topological polar surface area (TPSA) is 75.6 Å². The smallest absolute Gasteiger partial charge is 0.387 e. The largest absolute Gasteiger partial charge is 0.481 e. The number of ether oxygens (including phenoxy) is 1. The van der Waals surface area contributed by atoms with Crippen molar-refractivity contribution in [2.24, 2.45) is 0 Å². The first-order valence-electron chi connectivity index (χ1n) is 5.25. The minimum absolute atomic E-state index is 0.150. The van der Waals surface area contributed by atoms with E-state index in [1.165, 1.54) is 12.1 Å². The Morgan fingerprint density at radius 1 is 1.25 bits per heavy atom. The van der Waals surface area contributed by atoms with Crippen LogP contribution in [0.4, 0.5) is 14.5 Å². The van der Waals surface area contributed by atoms with Gasteiger partial charge >= 0.3 is 12.6 Å². The quantitative estimate of drug-likeness (QED) is 0.839. The van der Waals surface area contributed by atoms with Crippen LogP contribution in [-0.2, 0) is 9.59 Å². The van der Waals surface area contributed by atoms with E-state index < -0.39 is 24.2 Å². The molecule has 0 unspecified atom stereocenters. The van der Waals surface area contributed by atoms with Crippen LogP contribution in [0.5, 0.6) is 5.75 Å². The summed E-state index contributed by atoms with van der Waals surface area (Å²) in [6.07, 6.45) is -0.570. The predicted molar refractivity (Wildman–Crippen MR) is 68.6 cm³/mol. The molecule has 1 aromatic carbocycles. The highest BCUT2D eigenvalue weighted by Gasteiger charge is 2.15. The number of aliphatic carboxylic acids is 1. The molecule has 1 rings (SSSR count). The molecule has 0 aliphatic rings. The van der Waals surface area contributed by atoms with Crippen LogP contribution in [0, 0.1) is 0 Å². The van der Waals surface area contributed by atoms with Gasteiger partial charge in [-0.1, -0.05) is 23.2 Å². The standard InChI is InChI=1S/C11H9Cl2F2NO4/c12-6-3-5(16-8(17)1-2-9(18)19)4-7(13)10(6)20-11(14)15/h3-4,11H,1-2H2,(H,16,17)(H,18,19). The van der Waals surface area contributed by atoms with Gasteiger partial charge < -0.3 is 15.2 Å². The normalized spacial score (nSPS) is 10.4. The summed E-state index contributed by atoms with van der Waals surface area (Å²) in [5.41, 5.74) is 0.150. The van der Waals surface area contributed by atoms with Gasteiger partial charge in [-0.05, 0) is 12.1 Å². The molecule has 0 saturated heterocycles. The van der Waals surface area contributed by atoms with Gasteiger partial charge in [0.05, 0.1) is 16.5 Å². The molecule has 0 heterocycles. The Bertz CT molecular complexity index is 502. The second-order valence-corrected chi connectivity index (χ2v) is 4.40. The molecule has 1 aromatic rings. The molecule has 0 atom stereocenters. The average Bonchev–Trinajstić information content (AvgIpc) is 2.31. The molecule has 0 aliphatic heterocycles. The van der Waals surface area contributed by atoms with Crippen LogP contribution in [0.1, 0.15) is 12.8 Å². The minimum atomic E-state index is -3.08. The summed E-state index contributed by atoms with van der Waals surface area (Å²) >= 11 is 11.4. The number of carbonyl (C=O) groups is 2. The van der Waals surface area contributed by atoms with Gasteiger partial charge in [0.25, 0.3) is 0 Å². The average molecular weight is 328 g/mol. The molecule has 1 amide bonds. The molecule has 110 valence electrons. The van der Waals surface area contributed by atoms with Gasteiger partial charge in [0.15, 0.2) is 5.75 Å². The number of hydrogen-bond acceptors (Lipinski definition) is 3. The van der Waals surface area contributed by atoms with Crippen LogP contribution >= 0.6 is 23.2 Å². The second-order valence-electron chi connectivity index (χ2n) is 3.59. The van der Waals surface area contributed by atoms with Crippen molar-refractivity contribution in [2.45, 2.75) is 19.5 Å². The summed E-state index contributed by atoms with van der Waals surface area (Å²) in [7, 11) is 0. The highest BCUT2D eigenvalue weighted by Crippen LogP contribution is 2.36. The third kappa shape index (κ3) is 5.18. The zero-order chi connectivity index (χ0) is 15.3. The summed E-state index contributed by atoms with van der Waals surface area (Å²) in [5, 5.41) is 10.4. The Morgan fingerprint density at radius 2 is 1.80 bits per heavy atom. The Hall–Kier alpha value is -1.60. The summed E-state index contributed by atoms with van der Waals surface area (Å²) in [6.45, 7) is -3.08. The molecular weight excluding hydrogens is 319 g/mol. The monoisotopic (exact) mass is 327 g/mol. The van der Waals surface area contributed by atoms with E-state index in [9.17, 15) is 18.4 Å². The molecule has 0 fully saturated rings. The van der Waals surface area contributed by atoms with Gasteiger partial charge in [-0.15, -0.1) is 0 Å². The molecule has 5 nitrogen and oxygen atoms in total. The maximum absolute atomic E-state index is 12.1. The Kier molecular flexibility index (Phi) is 5.97. The number of hydrogen-bond donors (Lipinski definition) is 2. The molecule has 0 spiro atoms. The summed E-state index contributed by atoms with van der Waals surface area (Å²) in [4.78, 5) is 21.7. The van der Waals surface area contributed by atoms with E-state index in [0.29, 0.717) is 0 Å². The molecule has 0 saturated carbocycles. The Balaban J connectivity index is 2.78. The van der Waals surface area contributed by atoms with Crippen LogP contribution in [-0.4, -0.2) is 23.6 Å². The molecule has 9 heteroatoms. The molecular formula is C11H9Cl2F2NO4. The lowest BCUT2D eigenvalue weighted by Crippen LogP contribution is -2.13. The van der Waals surface area contributed by atoms with Crippen LogP contribution in [0.25, 0.3) is 0 Å². The van der Waals surface area contributed by atoms with Crippen LogP contribution < -0.4 is 10.1 Å². The highest BCUT2D eigenvalue weighted by molar-refractivity contribution is 6.37. The lowest BCUT2D eigenvalue weighted by molar-refractivity contribution is -0.138. The van der Waals surface area contributed by atoms with E-state index in [4.69, 9.17) is 28.3 Å². The third-order valence-electron chi connectivity index (χ3n) is 2.05. The van der Waals surface area contributed by atoms with Gasteiger partial charge in [0.2, 0.25) is 5.91 Å². The lowest BCUT2D eigenvalue weighted by Gasteiger charge is -2.11. The number of alkyl halides is 2. The SMILES string of the molecule is O=C(O)CCC(=O)Nc1cc(Cl)c(OC(F)F)c(Cl)c1. The van der Waals surface area contributed by atoms with Gasteiger partial charge in [-0.3, -0.25) is 9.59 Å². The van der Waals surface area contributed by atoms with Gasteiger partial charge in [0.1, 0.15) is 0 Å². The van der Waals surface area contributed by atoms with E-state index in [1.54, 1.807) is 0 Å². The van der Waals surface area contributed by atoms with Crippen molar-refractivity contribution >= 4 is 40.8 Å². The van der Waals surface area contributed by atoms with Crippen molar-refractivity contribution in [1.29, 1.82) is 0 Å². The number of nitrogens with one attached hydrogen (secondary N) is 1. The molecule has 0 radical (unpaired) electrons. The third-order valence-corrected chi connectivity index (χ3v) is 2.62. The first-order valence-corrected chi connectivity index (χ1v) is 6.00. The van der Waals surface area contributed by atoms with Crippen LogP contribution in [0.2, 0.25) is 10.0 Å². The number of carboxylic acid groups (broad SMARTS) is 1. The number of carbonyl (C=O) groups excluding carboxylic acids is 1. The predicted octanol–water partition coefficient (Wildman–Crippen LogP) is 3.40. The van der Waals surface area contributed by atoms with Crippen molar-refractivity contribution in [3.05, 3.63) is 22.2 Å². The van der Waals surface area contributed by atoms with Gasteiger partial charge in [0, 0.05) is 12.1 Å². The minimum Gasteiger partial charge on any atom is -0.481 e. The van der Waals surface area contributed by atoms with Crippen molar-refractivity contribution in [3.8, 4) is 5.75 Å². The summed E-state index contributed by atoms with van der Waals surface area (Å²) in [5.74, 6) is -2.08. The number of anilines is 1. The fourth-order valence-corrected chi connectivity index (χ4v) is 1.85. The van der Waals surface area contributed by atoms with E-state index in [0.717, 1.165) is 0 Å². The number of halogens is 4. The summed E-state index contributed by atoms with van der Waals surface area (Å²) in [6, 6.07) is 2.34. The second kappa shape index (κ2) is 7.25. The molecule has 2 N–H and O–H groups in total. The zero-order valence-electron chi connectivity index (χ0n) is 9.83.